The fourth-order valence-electron chi connectivity index (χ4n) is 3.75. The van der Waals surface area contributed by atoms with Crippen molar-refractivity contribution < 1.29 is 22.0 Å². The minimum absolute atomic E-state index is 0.00247. The number of hydrogen-bond acceptors (Lipinski definition) is 4. The molecule has 0 unspecified atom stereocenters. The van der Waals surface area contributed by atoms with Crippen LogP contribution >= 0.6 is 11.6 Å². The normalized spacial score (nSPS) is 12.0. The molecule has 39 heavy (non-hydrogen) atoms. The molecule has 6 nitrogen and oxygen atoms in total. The van der Waals surface area contributed by atoms with Crippen LogP contribution in [0.15, 0.2) is 107 Å². The van der Waals surface area contributed by atoms with Gasteiger partial charge in [0.2, 0.25) is 10.0 Å². The zero-order valence-corrected chi connectivity index (χ0v) is 22.4. The van der Waals surface area contributed by atoms with E-state index in [9.17, 15) is 22.0 Å². The Hall–Kier alpha value is -3.92. The Morgan fingerprint density at radius 1 is 0.846 bits per heavy atom. The van der Waals surface area contributed by atoms with Gasteiger partial charge in [-0.05, 0) is 72.6 Å². The topological polar surface area (TPSA) is 78.8 Å². The molecule has 1 N–H and O–H groups in total. The second kappa shape index (κ2) is 12.3. The second-order valence-corrected chi connectivity index (χ2v) is 11.0. The molecule has 10 heteroatoms. The van der Waals surface area contributed by atoms with Crippen LogP contribution in [0.25, 0.3) is 0 Å². The van der Waals surface area contributed by atoms with Gasteiger partial charge in [0.1, 0.15) is 11.6 Å². The molecule has 0 heterocycles. The van der Waals surface area contributed by atoms with E-state index in [0.717, 1.165) is 0 Å². The van der Waals surface area contributed by atoms with E-state index < -0.39 is 27.6 Å². The third kappa shape index (κ3) is 7.14. The van der Waals surface area contributed by atoms with Gasteiger partial charge in [0.25, 0.3) is 5.91 Å². The predicted octanol–water partition coefficient (Wildman–Crippen LogP) is 6.16. The number of nitrogens with one attached hydrogen (secondary N) is 1. The van der Waals surface area contributed by atoms with E-state index in [-0.39, 0.29) is 29.1 Å². The van der Waals surface area contributed by atoms with Gasteiger partial charge in [-0.1, -0.05) is 54.1 Å². The summed E-state index contributed by atoms with van der Waals surface area (Å²) in [6.07, 6.45) is 0. The van der Waals surface area contributed by atoms with Crippen molar-refractivity contribution in [2.45, 2.75) is 24.9 Å². The second-order valence-electron chi connectivity index (χ2n) is 8.67. The minimum Gasteiger partial charge on any atom is -0.267 e. The Labute approximate surface area is 230 Å². The maximum absolute atomic E-state index is 13.9. The lowest BCUT2D eigenvalue weighted by molar-refractivity contribution is 0.0954. The van der Waals surface area contributed by atoms with Crippen LogP contribution < -0.4 is 5.43 Å². The van der Waals surface area contributed by atoms with Gasteiger partial charge in [0, 0.05) is 29.2 Å². The number of rotatable bonds is 9. The maximum atomic E-state index is 13.9. The van der Waals surface area contributed by atoms with Crippen LogP contribution in [0.5, 0.6) is 0 Å². The van der Waals surface area contributed by atoms with Crippen LogP contribution in [0.4, 0.5) is 8.78 Å². The van der Waals surface area contributed by atoms with Crippen molar-refractivity contribution in [3.05, 3.63) is 136 Å². The Kier molecular flexibility index (Phi) is 8.86. The van der Waals surface area contributed by atoms with E-state index in [4.69, 9.17) is 11.6 Å². The Bertz CT molecular complexity index is 1590. The molecule has 0 saturated heterocycles. The van der Waals surface area contributed by atoms with Crippen LogP contribution in [0.2, 0.25) is 5.02 Å². The summed E-state index contributed by atoms with van der Waals surface area (Å²) in [5.41, 5.74) is 4.50. The summed E-state index contributed by atoms with van der Waals surface area (Å²) < 4.78 is 55.6. The van der Waals surface area contributed by atoms with Crippen molar-refractivity contribution in [2.75, 3.05) is 0 Å². The van der Waals surface area contributed by atoms with Gasteiger partial charge in [-0.2, -0.15) is 9.41 Å². The Balaban J connectivity index is 1.52. The number of hydrazone groups is 1. The van der Waals surface area contributed by atoms with Crippen molar-refractivity contribution in [2.24, 2.45) is 5.10 Å². The lowest BCUT2D eigenvalue weighted by atomic mass is 10.1. The highest BCUT2D eigenvalue weighted by Gasteiger charge is 2.25. The van der Waals surface area contributed by atoms with Gasteiger partial charge in [-0.25, -0.2) is 22.6 Å². The zero-order valence-electron chi connectivity index (χ0n) is 20.8. The number of carbonyl (C=O) groups excluding carboxylic acids is 1. The zero-order chi connectivity index (χ0) is 28.0. The summed E-state index contributed by atoms with van der Waals surface area (Å²) in [7, 11) is -3.95. The number of sulfonamides is 1. The fraction of sp³-hybridized carbons (Fsp3) is 0.103. The summed E-state index contributed by atoms with van der Waals surface area (Å²) in [4.78, 5) is 12.6. The van der Waals surface area contributed by atoms with Crippen molar-refractivity contribution in [3.63, 3.8) is 0 Å². The number of halogens is 3. The minimum atomic E-state index is -3.95. The molecule has 0 fully saturated rings. The van der Waals surface area contributed by atoms with E-state index in [0.29, 0.717) is 21.9 Å². The van der Waals surface area contributed by atoms with E-state index in [1.165, 1.54) is 58.9 Å². The first-order chi connectivity index (χ1) is 18.6. The molecule has 0 bridgehead atoms. The van der Waals surface area contributed by atoms with Crippen molar-refractivity contribution in [3.8, 4) is 0 Å². The van der Waals surface area contributed by atoms with Gasteiger partial charge < -0.3 is 0 Å². The van der Waals surface area contributed by atoms with Crippen LogP contribution in [0.3, 0.4) is 0 Å². The molecule has 4 aromatic rings. The molecule has 0 atom stereocenters. The van der Waals surface area contributed by atoms with Gasteiger partial charge in [-0.3, -0.25) is 4.79 Å². The van der Waals surface area contributed by atoms with Gasteiger partial charge >= 0.3 is 0 Å². The Morgan fingerprint density at radius 3 is 2.00 bits per heavy atom. The molecule has 0 saturated carbocycles. The van der Waals surface area contributed by atoms with E-state index in [1.807, 2.05) is 0 Å². The first-order valence-electron chi connectivity index (χ1n) is 11.8. The van der Waals surface area contributed by atoms with Crippen molar-refractivity contribution >= 4 is 33.2 Å². The molecule has 0 radical (unpaired) electrons. The largest absolute Gasteiger partial charge is 0.271 e. The molecule has 4 aromatic carbocycles. The lowest BCUT2D eigenvalue weighted by Crippen LogP contribution is -2.30. The molecule has 1 amide bonds. The SMILES string of the molecule is C/C(=N/NC(=O)c1ccc(CN(Cc2ccc(F)cc2)S(=O)(=O)c2ccc(Cl)cc2)cc1)c1ccccc1F. The summed E-state index contributed by atoms with van der Waals surface area (Å²) in [5.74, 6) is -1.38. The summed E-state index contributed by atoms with van der Waals surface area (Å²) in [6, 6.07) is 23.9. The number of hydrogen-bond donors (Lipinski definition) is 1. The van der Waals surface area contributed by atoms with Gasteiger partial charge in [0.15, 0.2) is 0 Å². The molecule has 0 aliphatic heterocycles. The van der Waals surface area contributed by atoms with Gasteiger partial charge in [-0.15, -0.1) is 0 Å². The van der Waals surface area contributed by atoms with E-state index in [2.05, 4.69) is 10.5 Å². The monoisotopic (exact) mass is 567 g/mol. The highest BCUT2D eigenvalue weighted by molar-refractivity contribution is 7.89. The maximum Gasteiger partial charge on any atom is 0.271 e. The van der Waals surface area contributed by atoms with Crippen molar-refractivity contribution in [1.82, 2.24) is 9.73 Å². The molecule has 0 aliphatic carbocycles. The average Bonchev–Trinajstić information content (AvgIpc) is 2.93. The molecule has 0 aromatic heterocycles. The van der Waals surface area contributed by atoms with Crippen LogP contribution in [0, 0.1) is 11.6 Å². The number of amides is 1. The smallest absolute Gasteiger partial charge is 0.267 e. The van der Waals surface area contributed by atoms with Crippen LogP contribution in [-0.4, -0.2) is 24.3 Å². The highest BCUT2D eigenvalue weighted by Crippen LogP contribution is 2.23. The van der Waals surface area contributed by atoms with E-state index in [1.54, 1.807) is 49.4 Å². The lowest BCUT2D eigenvalue weighted by Gasteiger charge is -2.23. The third-order valence-electron chi connectivity index (χ3n) is 5.89. The number of nitrogens with zero attached hydrogens (tertiary/aromatic N) is 2. The standard InChI is InChI=1S/C29H24ClF2N3O3S/c1-20(27-4-2-3-5-28(27)32)33-34-29(36)23-10-6-21(7-11-23)18-35(19-22-8-14-25(31)15-9-22)39(37,38)26-16-12-24(30)13-17-26/h2-17H,18-19H2,1H3,(H,34,36)/b33-20-. The fourth-order valence-corrected chi connectivity index (χ4v) is 5.30. The predicted molar refractivity (Wildman–Crippen MR) is 147 cm³/mol. The van der Waals surface area contributed by atoms with Crippen molar-refractivity contribution in [1.29, 1.82) is 0 Å². The van der Waals surface area contributed by atoms with Crippen LogP contribution in [0.1, 0.15) is 34.0 Å². The number of carbonyl (C=O) groups is 1. The van der Waals surface area contributed by atoms with Crippen LogP contribution in [-0.2, 0) is 23.1 Å². The molecule has 200 valence electrons. The molecular formula is C29H24ClF2N3O3S. The summed E-state index contributed by atoms with van der Waals surface area (Å²) >= 11 is 5.93. The van der Waals surface area contributed by atoms with E-state index >= 15 is 0 Å². The molecule has 4 rings (SSSR count). The first-order valence-corrected chi connectivity index (χ1v) is 13.6. The first kappa shape index (κ1) is 28.1. The number of benzene rings is 4. The Morgan fingerprint density at radius 2 is 1.41 bits per heavy atom. The average molecular weight is 568 g/mol. The van der Waals surface area contributed by atoms with Gasteiger partial charge in [0.05, 0.1) is 10.6 Å². The summed E-state index contributed by atoms with van der Waals surface area (Å²) in [6.45, 7) is 1.57. The highest BCUT2D eigenvalue weighted by atomic mass is 35.5. The quantitative estimate of drug-likeness (QED) is 0.194. The molecule has 0 aliphatic rings. The molecule has 0 spiro atoms. The third-order valence-corrected chi connectivity index (χ3v) is 7.95. The molecular weight excluding hydrogens is 544 g/mol. The summed E-state index contributed by atoms with van der Waals surface area (Å²) in [5, 5.41) is 4.38.